The molecule has 4 aromatic rings. The molecule has 6 aliphatic rings. The maximum absolute atomic E-state index is 14.6. The number of benzene rings is 4. The van der Waals surface area contributed by atoms with E-state index in [0.717, 1.165) is 86.5 Å². The third-order valence-electron chi connectivity index (χ3n) is 22.1. The normalized spacial score (nSPS) is 21.4. The first-order valence-corrected chi connectivity index (χ1v) is 40.9. The topological polar surface area (TPSA) is 385 Å². The molecule has 8 N–H and O–H groups in total. The molecule has 0 spiro atoms. The SMILES string of the molecule is CCC[C@@H](NC(=O)[C@@H]1C[C@@H]2CN1C(=O)[C@H](C1CCCCC1)NC(=O)Cc1ccc(C)c(c1)OCCCO2)C(=O)C(=O)NCC(=O)N[C@H](C(=O)N(C)C)c1ccccc1.CCC[C@H](NC(=O)[C@@H]1C[C@@H]2CN1C(=O)[C@H](C1CCCCC1)NC(=O)Cc1ccc(C)c(c1)OCCCO2)C(=O)C(=O)NCC(=O)N[C@H](C(=O)N(C)C)c1ccccc1. The zero-order valence-corrected chi connectivity index (χ0v) is 68.1. The van der Waals surface area contributed by atoms with Crippen LogP contribution in [-0.4, -0.2) is 231 Å². The van der Waals surface area contributed by atoms with Gasteiger partial charge in [-0.05, 0) is 110 Å². The van der Waals surface area contributed by atoms with Crippen molar-refractivity contribution in [3.63, 3.8) is 0 Å². The zero-order valence-electron chi connectivity index (χ0n) is 68.1. The maximum atomic E-state index is 14.6. The van der Waals surface area contributed by atoms with Crippen molar-refractivity contribution < 1.29 is 86.1 Å². The Morgan fingerprint density at radius 3 is 1.20 bits per heavy atom. The predicted octanol–water partition coefficient (Wildman–Crippen LogP) is 4.57. The lowest BCUT2D eigenvalue weighted by Crippen LogP contribution is -2.58. The van der Waals surface area contributed by atoms with Gasteiger partial charge in [0, 0.05) is 67.0 Å². The number of carbonyl (C=O) groups is 14. The molecule has 12 amide bonds. The van der Waals surface area contributed by atoms with Crippen LogP contribution in [0, 0.1) is 25.7 Å². The Kier molecular flexibility index (Phi) is 33.8. The molecule has 2 saturated carbocycles. The Morgan fingerprint density at radius 2 is 0.845 bits per heavy atom. The van der Waals surface area contributed by atoms with Gasteiger partial charge >= 0.3 is 0 Å². The lowest BCUT2D eigenvalue weighted by Gasteiger charge is -2.35. The number of likely N-dealkylation sites (N-methyl/N-ethyl adjacent to an activating group) is 2. The minimum absolute atomic E-state index is 0.0507. The van der Waals surface area contributed by atoms with Crippen LogP contribution >= 0.6 is 0 Å². The summed E-state index contributed by atoms with van der Waals surface area (Å²) in [4.78, 5) is 195. The van der Waals surface area contributed by atoms with E-state index < -0.39 is 121 Å². The van der Waals surface area contributed by atoms with E-state index in [1.807, 2.05) is 50.2 Å². The molecule has 10 atom stereocenters. The fourth-order valence-electron chi connectivity index (χ4n) is 15.8. The molecular formula is C86H116N12O18. The highest BCUT2D eigenvalue weighted by Gasteiger charge is 2.48. The van der Waals surface area contributed by atoms with Crippen molar-refractivity contribution in [2.45, 2.75) is 217 Å². The number of fused-ring (bicyclic) bond motifs is 8. The average molecular weight is 1610 g/mol. The molecular weight excluding hydrogens is 1490 g/mol. The molecule has 4 aliphatic heterocycles. The summed E-state index contributed by atoms with van der Waals surface area (Å²) in [5.74, 6) is -7.70. The van der Waals surface area contributed by atoms with Crippen LogP contribution in [0.2, 0.25) is 0 Å². The maximum Gasteiger partial charge on any atom is 0.290 e. The number of rotatable bonds is 24. The van der Waals surface area contributed by atoms with Crippen molar-refractivity contribution in [3.05, 3.63) is 130 Å². The van der Waals surface area contributed by atoms with Gasteiger partial charge in [-0.25, -0.2) is 0 Å². The molecule has 0 radical (unpaired) electrons. The van der Waals surface area contributed by atoms with Crippen molar-refractivity contribution in [2.75, 3.05) is 80.8 Å². The second-order valence-corrected chi connectivity index (χ2v) is 31.4. The van der Waals surface area contributed by atoms with Crippen molar-refractivity contribution >= 4 is 82.5 Å². The Bertz CT molecular complexity index is 3850. The van der Waals surface area contributed by atoms with Crippen molar-refractivity contribution in [2.24, 2.45) is 11.8 Å². The van der Waals surface area contributed by atoms with Gasteiger partial charge in [-0.2, -0.15) is 0 Å². The molecule has 4 aromatic carbocycles. The van der Waals surface area contributed by atoms with Crippen LogP contribution in [0.25, 0.3) is 0 Å². The van der Waals surface area contributed by atoms with Gasteiger partial charge in [-0.15, -0.1) is 0 Å². The number of aryl methyl sites for hydroxylation is 2. The highest BCUT2D eigenvalue weighted by atomic mass is 16.5. The van der Waals surface area contributed by atoms with E-state index in [2.05, 4.69) is 42.5 Å². The second kappa shape index (κ2) is 43.9. The summed E-state index contributed by atoms with van der Waals surface area (Å²) in [6.07, 6.45) is 10.4. The van der Waals surface area contributed by atoms with Gasteiger partial charge < -0.3 is 81.1 Å². The number of hydrogen-bond acceptors (Lipinski definition) is 18. The molecule has 2 saturated heterocycles. The molecule has 30 nitrogen and oxygen atoms in total. The smallest absolute Gasteiger partial charge is 0.290 e. The third kappa shape index (κ3) is 25.2. The van der Waals surface area contributed by atoms with Crippen LogP contribution in [-0.2, 0) is 89.4 Å². The minimum Gasteiger partial charge on any atom is -0.493 e. The van der Waals surface area contributed by atoms with E-state index in [9.17, 15) is 67.1 Å². The van der Waals surface area contributed by atoms with Crippen LogP contribution in [0.4, 0.5) is 0 Å². The third-order valence-corrected chi connectivity index (χ3v) is 22.1. The van der Waals surface area contributed by atoms with E-state index in [0.29, 0.717) is 74.7 Å². The van der Waals surface area contributed by atoms with Gasteiger partial charge in [-0.1, -0.05) is 150 Å². The second-order valence-electron chi connectivity index (χ2n) is 31.4. The number of amides is 12. The van der Waals surface area contributed by atoms with E-state index >= 15 is 0 Å². The number of carbonyl (C=O) groups excluding carboxylic acids is 14. The lowest BCUT2D eigenvalue weighted by atomic mass is 9.83. The Balaban J connectivity index is 0.000000265. The first-order valence-electron chi connectivity index (χ1n) is 40.9. The largest absolute Gasteiger partial charge is 0.493 e. The van der Waals surface area contributed by atoms with Gasteiger partial charge in [0.2, 0.25) is 70.6 Å². The van der Waals surface area contributed by atoms with E-state index in [-0.39, 0.29) is 98.9 Å². The lowest BCUT2D eigenvalue weighted by molar-refractivity contribution is -0.144. The molecule has 628 valence electrons. The van der Waals surface area contributed by atoms with Crippen molar-refractivity contribution in [1.82, 2.24) is 62.1 Å². The Hall–Kier alpha value is -10.6. The number of nitrogens with one attached hydrogen (secondary N) is 8. The molecule has 116 heavy (non-hydrogen) atoms. The van der Waals surface area contributed by atoms with E-state index in [4.69, 9.17) is 18.9 Å². The number of ketones is 2. The molecule has 4 fully saturated rings. The molecule has 30 heteroatoms. The van der Waals surface area contributed by atoms with Crippen LogP contribution in [0.15, 0.2) is 97.1 Å². The van der Waals surface area contributed by atoms with Crippen LogP contribution in [0.1, 0.15) is 175 Å². The quantitative estimate of drug-likeness (QED) is 0.0445. The summed E-state index contributed by atoms with van der Waals surface area (Å²) in [6.45, 7) is 7.89. The Morgan fingerprint density at radius 1 is 0.474 bits per heavy atom. The van der Waals surface area contributed by atoms with Gasteiger partial charge in [0.25, 0.3) is 11.8 Å². The molecule has 0 unspecified atom stereocenters. The zero-order chi connectivity index (χ0) is 83.5. The fraction of sp³-hybridized carbons (Fsp3) is 0.558. The monoisotopic (exact) mass is 1600 g/mol. The first kappa shape index (κ1) is 89.3. The summed E-state index contributed by atoms with van der Waals surface area (Å²) in [5, 5.41) is 21.4. The van der Waals surface area contributed by atoms with Crippen LogP contribution in [0.3, 0.4) is 0 Å². The van der Waals surface area contributed by atoms with Crippen molar-refractivity contribution in [3.8, 4) is 11.5 Å². The van der Waals surface area contributed by atoms with E-state index in [1.165, 1.54) is 19.6 Å². The number of Topliss-reactive ketones (excluding diaryl/α,β-unsaturated/α-hetero) is 2. The summed E-state index contributed by atoms with van der Waals surface area (Å²) in [5.41, 5.74) is 4.48. The van der Waals surface area contributed by atoms with Gasteiger partial charge in [0.05, 0.1) is 76.7 Å². The number of ether oxygens (including phenoxy) is 4. The van der Waals surface area contributed by atoms with Crippen LogP contribution in [0.5, 0.6) is 11.5 Å². The summed E-state index contributed by atoms with van der Waals surface area (Å²) < 4.78 is 24.5. The van der Waals surface area contributed by atoms with Gasteiger partial charge in [0.1, 0.15) is 47.8 Å². The molecule has 2 aliphatic carbocycles. The average Bonchev–Trinajstić information content (AvgIpc) is 1.64. The van der Waals surface area contributed by atoms with Gasteiger partial charge in [-0.3, -0.25) is 67.1 Å². The number of nitrogens with zero attached hydrogens (tertiary/aromatic N) is 4. The predicted molar refractivity (Wildman–Crippen MR) is 428 cm³/mol. The van der Waals surface area contributed by atoms with E-state index in [1.54, 1.807) is 103 Å². The van der Waals surface area contributed by atoms with Crippen molar-refractivity contribution in [1.29, 1.82) is 0 Å². The highest BCUT2D eigenvalue weighted by molar-refractivity contribution is 6.39. The summed E-state index contributed by atoms with van der Waals surface area (Å²) >= 11 is 0. The van der Waals surface area contributed by atoms with Gasteiger partial charge in [0.15, 0.2) is 0 Å². The minimum atomic E-state index is -1.24. The standard InChI is InChI=1S/2C43H58N6O9/c2*1-5-13-32(39(52)41(54)44-25-36(51)47-37(42(55)48(3)4)29-14-8-6-9-15-29)45-40(53)33-24-31-26-49(33)43(56)38(30-16-10-7-11-17-30)46-35(50)23-28-19-18-27(2)34(22-28)58-21-12-20-57-31/h2*6,8-9,14-15,18-19,22,30-33,37-38H,5,7,10-13,16-17,20-21,23-26H2,1-4H3,(H,44,54)(H,45,53)(H,46,50)(H,47,51)/t31-,32+,33+,37+,38+;31-,32-,33+,37+,38+/m11/s1. The van der Waals surface area contributed by atoms with Crippen LogP contribution < -0.4 is 52.0 Å². The molecule has 8 bridgehead atoms. The highest BCUT2D eigenvalue weighted by Crippen LogP contribution is 2.34. The fourth-order valence-corrected chi connectivity index (χ4v) is 15.8. The summed E-state index contributed by atoms with van der Waals surface area (Å²) in [7, 11) is 6.24. The Labute approximate surface area is 678 Å². The molecule has 10 rings (SSSR count). The number of hydrogen-bond donors (Lipinski definition) is 8. The molecule has 0 aromatic heterocycles. The summed E-state index contributed by atoms with van der Waals surface area (Å²) in [6, 6.07) is 20.2. The molecule has 4 heterocycles. The first-order chi connectivity index (χ1) is 55.7.